The number of rotatable bonds is 4. The average Bonchev–Trinajstić information content (AvgIpc) is 3.32. The first-order chi connectivity index (χ1) is 15.9. The first-order valence-electron chi connectivity index (χ1n) is 10.5. The Kier molecular flexibility index (Phi) is 4.78. The molecule has 2 heterocycles. The summed E-state index contributed by atoms with van der Waals surface area (Å²) in [4.78, 5) is 39.1. The highest BCUT2D eigenvalue weighted by molar-refractivity contribution is 6.34. The van der Waals surface area contributed by atoms with Crippen LogP contribution < -0.4 is 9.91 Å². The fourth-order valence-corrected chi connectivity index (χ4v) is 4.49. The number of nitro groups is 1. The molecule has 3 aromatic carbocycles. The Hall–Kier alpha value is -4.33. The Morgan fingerprint density at radius 2 is 1.61 bits per heavy atom. The van der Waals surface area contributed by atoms with E-state index in [9.17, 15) is 19.7 Å². The standard InChI is InChI=1S/C25H20N4O4/c1-15-8-13-20(16(2)14-15)27-24(30)21-22(17-9-11-19(12-10-17)29(32)33)26-28(23(21)25(27)31)18-6-4-3-5-7-18/h3-14,21,23H,1-2H3/t21-,23+/m0/s1. The average molecular weight is 440 g/mol. The summed E-state index contributed by atoms with van der Waals surface area (Å²) in [6, 6.07) is 19.9. The van der Waals surface area contributed by atoms with E-state index in [1.165, 1.54) is 17.0 Å². The third-order valence-corrected chi connectivity index (χ3v) is 6.04. The molecule has 0 radical (unpaired) electrons. The number of hydrogen-bond acceptors (Lipinski definition) is 6. The molecule has 164 valence electrons. The predicted octanol–water partition coefficient (Wildman–Crippen LogP) is 3.99. The van der Waals surface area contributed by atoms with E-state index in [2.05, 4.69) is 5.10 Å². The predicted molar refractivity (Wildman–Crippen MR) is 124 cm³/mol. The number of benzene rings is 3. The lowest BCUT2D eigenvalue weighted by atomic mass is 9.92. The molecule has 2 aliphatic heterocycles. The van der Waals surface area contributed by atoms with Gasteiger partial charge in [-0.05, 0) is 55.3 Å². The highest BCUT2D eigenvalue weighted by atomic mass is 16.6. The second-order valence-corrected chi connectivity index (χ2v) is 8.19. The fraction of sp³-hybridized carbons (Fsp3) is 0.160. The van der Waals surface area contributed by atoms with Gasteiger partial charge in [-0.15, -0.1) is 0 Å². The second-order valence-electron chi connectivity index (χ2n) is 8.19. The number of fused-ring (bicyclic) bond motifs is 1. The van der Waals surface area contributed by atoms with Crippen LogP contribution in [-0.4, -0.2) is 28.5 Å². The molecule has 2 amide bonds. The number of non-ortho nitro benzene ring substituents is 1. The van der Waals surface area contributed by atoms with Gasteiger partial charge >= 0.3 is 0 Å². The minimum Gasteiger partial charge on any atom is -0.273 e. The van der Waals surface area contributed by atoms with Gasteiger partial charge in [0, 0.05) is 12.1 Å². The van der Waals surface area contributed by atoms with E-state index in [1.807, 2.05) is 56.3 Å². The molecular weight excluding hydrogens is 420 g/mol. The van der Waals surface area contributed by atoms with Gasteiger partial charge in [-0.25, -0.2) is 4.90 Å². The Morgan fingerprint density at radius 3 is 2.24 bits per heavy atom. The lowest BCUT2D eigenvalue weighted by Crippen LogP contribution is -2.39. The van der Waals surface area contributed by atoms with Crippen molar-refractivity contribution in [2.75, 3.05) is 9.91 Å². The number of imide groups is 1. The van der Waals surface area contributed by atoms with Crippen LogP contribution in [0.15, 0.2) is 77.9 Å². The molecule has 2 atom stereocenters. The topological polar surface area (TPSA) is 96.1 Å². The molecule has 0 saturated carbocycles. The highest BCUT2D eigenvalue weighted by Gasteiger charge is 2.57. The van der Waals surface area contributed by atoms with Crippen LogP contribution in [0.3, 0.4) is 0 Å². The minimum absolute atomic E-state index is 0.0560. The van der Waals surface area contributed by atoms with E-state index in [0.717, 1.165) is 11.1 Å². The number of carbonyl (C=O) groups excluding carboxylic acids is 2. The molecule has 0 spiro atoms. The van der Waals surface area contributed by atoms with Gasteiger partial charge in [0.15, 0.2) is 0 Å². The van der Waals surface area contributed by atoms with Gasteiger partial charge in [-0.1, -0.05) is 35.9 Å². The summed E-state index contributed by atoms with van der Waals surface area (Å²) in [5.41, 5.74) is 4.04. The van der Waals surface area contributed by atoms with Crippen LogP contribution in [0.25, 0.3) is 0 Å². The molecule has 8 heteroatoms. The van der Waals surface area contributed by atoms with Crippen LogP contribution in [-0.2, 0) is 9.59 Å². The Balaban J connectivity index is 1.62. The highest BCUT2D eigenvalue weighted by Crippen LogP contribution is 2.40. The number of hydrazone groups is 1. The third kappa shape index (κ3) is 3.27. The molecule has 0 aromatic heterocycles. The van der Waals surface area contributed by atoms with Crippen molar-refractivity contribution in [3.8, 4) is 0 Å². The molecule has 33 heavy (non-hydrogen) atoms. The number of nitro benzene ring substituents is 1. The fourth-order valence-electron chi connectivity index (χ4n) is 4.49. The summed E-state index contributed by atoms with van der Waals surface area (Å²) < 4.78 is 0. The van der Waals surface area contributed by atoms with Crippen LogP contribution >= 0.6 is 0 Å². The van der Waals surface area contributed by atoms with Crippen molar-refractivity contribution in [3.63, 3.8) is 0 Å². The molecule has 1 fully saturated rings. The molecular formula is C25H20N4O4. The number of anilines is 2. The largest absolute Gasteiger partial charge is 0.273 e. The van der Waals surface area contributed by atoms with Crippen molar-refractivity contribution >= 4 is 34.6 Å². The molecule has 0 bridgehead atoms. The number of amides is 2. The molecule has 5 rings (SSSR count). The second kappa shape index (κ2) is 7.67. The monoisotopic (exact) mass is 440 g/mol. The summed E-state index contributed by atoms with van der Waals surface area (Å²) in [6.45, 7) is 3.83. The van der Waals surface area contributed by atoms with E-state index in [0.29, 0.717) is 22.6 Å². The number of aryl methyl sites for hydroxylation is 2. The van der Waals surface area contributed by atoms with Crippen LogP contribution in [0.4, 0.5) is 17.1 Å². The van der Waals surface area contributed by atoms with Crippen LogP contribution in [0.2, 0.25) is 0 Å². The Labute approximate surface area is 189 Å². The summed E-state index contributed by atoms with van der Waals surface area (Å²) >= 11 is 0. The van der Waals surface area contributed by atoms with E-state index in [1.54, 1.807) is 23.2 Å². The van der Waals surface area contributed by atoms with Gasteiger partial charge in [0.1, 0.15) is 12.0 Å². The van der Waals surface area contributed by atoms with E-state index >= 15 is 0 Å². The first-order valence-corrected chi connectivity index (χ1v) is 10.5. The smallest absolute Gasteiger partial charge is 0.269 e. The van der Waals surface area contributed by atoms with Gasteiger partial charge in [-0.2, -0.15) is 5.10 Å². The van der Waals surface area contributed by atoms with Crippen molar-refractivity contribution in [2.45, 2.75) is 19.9 Å². The molecule has 0 unspecified atom stereocenters. The van der Waals surface area contributed by atoms with Gasteiger partial charge in [-0.3, -0.25) is 24.7 Å². The van der Waals surface area contributed by atoms with Gasteiger partial charge < -0.3 is 0 Å². The van der Waals surface area contributed by atoms with Gasteiger partial charge in [0.05, 0.1) is 22.0 Å². The third-order valence-electron chi connectivity index (χ3n) is 6.04. The van der Waals surface area contributed by atoms with Gasteiger partial charge in [0.2, 0.25) is 5.91 Å². The SMILES string of the molecule is Cc1ccc(N2C(=O)[C@H]3C(c4ccc([N+](=O)[O-])cc4)=NN(c4ccccc4)[C@H]3C2=O)c(C)c1. The lowest BCUT2D eigenvalue weighted by molar-refractivity contribution is -0.384. The van der Waals surface area contributed by atoms with E-state index < -0.39 is 16.9 Å². The summed E-state index contributed by atoms with van der Waals surface area (Å²) in [6.07, 6.45) is 0. The van der Waals surface area contributed by atoms with E-state index in [4.69, 9.17) is 0 Å². The number of carbonyl (C=O) groups is 2. The molecule has 8 nitrogen and oxygen atoms in total. The lowest BCUT2D eigenvalue weighted by Gasteiger charge is -2.23. The maximum atomic E-state index is 13.7. The summed E-state index contributed by atoms with van der Waals surface area (Å²) in [7, 11) is 0. The minimum atomic E-state index is -0.828. The Bertz CT molecular complexity index is 1320. The number of hydrogen-bond donors (Lipinski definition) is 0. The molecule has 0 aliphatic carbocycles. The maximum absolute atomic E-state index is 13.7. The van der Waals surface area contributed by atoms with Gasteiger partial charge in [0.25, 0.3) is 11.6 Å². The van der Waals surface area contributed by atoms with Crippen LogP contribution in [0.5, 0.6) is 0 Å². The summed E-state index contributed by atoms with van der Waals surface area (Å²) in [5.74, 6) is -1.52. The van der Waals surface area contributed by atoms with Crippen LogP contribution in [0.1, 0.15) is 16.7 Å². The van der Waals surface area contributed by atoms with Crippen molar-refractivity contribution in [1.29, 1.82) is 0 Å². The number of para-hydroxylation sites is 1. The number of nitrogens with zero attached hydrogens (tertiary/aromatic N) is 4. The maximum Gasteiger partial charge on any atom is 0.269 e. The van der Waals surface area contributed by atoms with E-state index in [-0.39, 0.29) is 17.5 Å². The summed E-state index contributed by atoms with van der Waals surface area (Å²) in [5, 5.41) is 17.3. The zero-order valence-electron chi connectivity index (χ0n) is 18.0. The Morgan fingerprint density at radius 1 is 0.909 bits per heavy atom. The molecule has 3 aromatic rings. The quantitative estimate of drug-likeness (QED) is 0.347. The zero-order chi connectivity index (χ0) is 23.3. The van der Waals surface area contributed by atoms with Crippen molar-refractivity contribution < 1.29 is 14.5 Å². The molecule has 1 saturated heterocycles. The normalized spacial score (nSPS) is 19.6. The van der Waals surface area contributed by atoms with Crippen molar-refractivity contribution in [2.24, 2.45) is 11.0 Å². The molecule has 0 N–H and O–H groups in total. The zero-order valence-corrected chi connectivity index (χ0v) is 18.0. The first kappa shape index (κ1) is 20.6. The van der Waals surface area contributed by atoms with Crippen LogP contribution in [0, 0.1) is 29.9 Å². The molecule has 2 aliphatic rings. The van der Waals surface area contributed by atoms with Crippen molar-refractivity contribution in [1.82, 2.24) is 0 Å². The van der Waals surface area contributed by atoms with Crippen molar-refractivity contribution in [3.05, 3.63) is 99.6 Å².